The second-order valence-corrected chi connectivity index (χ2v) is 9.66. The van der Waals surface area contributed by atoms with Crippen LogP contribution in [0.4, 0.5) is 0 Å². The number of amides is 1. The van der Waals surface area contributed by atoms with Gasteiger partial charge in [0.05, 0.1) is 18.7 Å². The summed E-state index contributed by atoms with van der Waals surface area (Å²) in [5, 5.41) is 20.3. The van der Waals surface area contributed by atoms with Gasteiger partial charge in [-0.05, 0) is 53.6 Å². The van der Waals surface area contributed by atoms with Crippen LogP contribution in [0, 0.1) is 5.41 Å². The number of hydrogen-bond acceptors (Lipinski definition) is 5. The number of benzene rings is 2. The molecule has 2 aromatic carbocycles. The van der Waals surface area contributed by atoms with E-state index in [2.05, 4.69) is 5.32 Å². The number of aliphatic carboxylic acids is 1. The predicted octanol–water partition coefficient (Wildman–Crippen LogP) is 3.78. The lowest BCUT2D eigenvalue weighted by atomic mass is 9.81. The van der Waals surface area contributed by atoms with Gasteiger partial charge in [0, 0.05) is 31.1 Å². The molecule has 1 aliphatic rings. The molecule has 3 N–H and O–H groups in total. The largest absolute Gasteiger partial charge is 0.493 e. The van der Waals surface area contributed by atoms with E-state index in [0.717, 1.165) is 16.7 Å². The molecule has 186 valence electrons. The fourth-order valence-corrected chi connectivity index (χ4v) is 4.32. The van der Waals surface area contributed by atoms with Crippen LogP contribution in [-0.2, 0) is 23.2 Å². The molecule has 1 aliphatic heterocycles. The minimum Gasteiger partial charge on any atom is -0.493 e. The molecule has 35 heavy (non-hydrogen) atoms. The Labute approximate surface area is 205 Å². The highest BCUT2D eigenvalue weighted by atomic mass is 16.5. The SMILES string of the molecule is CCOc1cc2c(cc1C(=O)NC)C(=N)N(CC(=O)c1ccc(CCC(=O)O)c(C(C)(C)C)c1)C2. The number of nitrogens with zero attached hydrogens (tertiary/aromatic N) is 1. The molecule has 1 amide bonds. The van der Waals surface area contributed by atoms with E-state index < -0.39 is 5.97 Å². The maximum absolute atomic E-state index is 13.2. The zero-order valence-corrected chi connectivity index (χ0v) is 20.9. The average molecular weight is 480 g/mol. The van der Waals surface area contributed by atoms with Gasteiger partial charge in [0.2, 0.25) is 0 Å². The van der Waals surface area contributed by atoms with E-state index >= 15 is 0 Å². The van der Waals surface area contributed by atoms with Crippen LogP contribution >= 0.6 is 0 Å². The van der Waals surface area contributed by atoms with Crippen molar-refractivity contribution >= 4 is 23.5 Å². The number of ketones is 1. The van der Waals surface area contributed by atoms with E-state index in [0.29, 0.717) is 42.0 Å². The molecule has 1 heterocycles. The number of rotatable bonds is 9. The molecule has 0 saturated heterocycles. The molecule has 0 bridgehead atoms. The van der Waals surface area contributed by atoms with E-state index in [4.69, 9.17) is 15.3 Å². The summed E-state index contributed by atoms with van der Waals surface area (Å²) in [5.74, 6) is -0.635. The number of carboxylic acid groups (broad SMARTS) is 1. The van der Waals surface area contributed by atoms with Crippen molar-refractivity contribution in [3.05, 3.63) is 63.7 Å². The van der Waals surface area contributed by atoms with Crippen molar-refractivity contribution in [3.63, 3.8) is 0 Å². The smallest absolute Gasteiger partial charge is 0.303 e. The number of aryl methyl sites for hydroxylation is 1. The second kappa shape index (κ2) is 10.3. The number of hydrogen-bond donors (Lipinski definition) is 3. The Kier molecular flexibility index (Phi) is 7.63. The maximum Gasteiger partial charge on any atom is 0.303 e. The summed E-state index contributed by atoms with van der Waals surface area (Å²) in [4.78, 5) is 38.3. The van der Waals surface area contributed by atoms with Gasteiger partial charge in [0.25, 0.3) is 5.91 Å². The molecule has 0 atom stereocenters. The zero-order chi connectivity index (χ0) is 25.9. The lowest BCUT2D eigenvalue weighted by molar-refractivity contribution is -0.136. The summed E-state index contributed by atoms with van der Waals surface area (Å²) in [5.41, 5.74) is 3.94. The summed E-state index contributed by atoms with van der Waals surface area (Å²) < 4.78 is 5.64. The van der Waals surface area contributed by atoms with E-state index in [-0.39, 0.29) is 35.9 Å². The Morgan fingerprint density at radius 2 is 1.89 bits per heavy atom. The first-order valence-electron chi connectivity index (χ1n) is 11.7. The van der Waals surface area contributed by atoms with Crippen LogP contribution in [0.2, 0.25) is 0 Å². The summed E-state index contributed by atoms with van der Waals surface area (Å²) in [6.45, 7) is 8.74. The Hall–Kier alpha value is -3.68. The number of amidine groups is 1. The summed E-state index contributed by atoms with van der Waals surface area (Å²) >= 11 is 0. The van der Waals surface area contributed by atoms with Crippen LogP contribution in [0.5, 0.6) is 5.75 Å². The lowest BCUT2D eigenvalue weighted by Crippen LogP contribution is -2.30. The summed E-state index contributed by atoms with van der Waals surface area (Å²) in [6.07, 6.45) is 0.430. The first-order chi connectivity index (χ1) is 16.5. The van der Waals surface area contributed by atoms with Gasteiger partial charge >= 0.3 is 5.97 Å². The first-order valence-corrected chi connectivity index (χ1v) is 11.7. The fraction of sp³-hybridized carbons (Fsp3) is 0.407. The highest BCUT2D eigenvalue weighted by Gasteiger charge is 2.29. The van der Waals surface area contributed by atoms with Gasteiger partial charge in [0.1, 0.15) is 11.6 Å². The molecule has 0 aliphatic carbocycles. The van der Waals surface area contributed by atoms with Crippen LogP contribution in [0.3, 0.4) is 0 Å². The van der Waals surface area contributed by atoms with Crippen molar-refractivity contribution in [3.8, 4) is 5.75 Å². The zero-order valence-electron chi connectivity index (χ0n) is 20.9. The molecule has 0 radical (unpaired) electrons. The van der Waals surface area contributed by atoms with Crippen molar-refractivity contribution in [1.82, 2.24) is 10.2 Å². The fourth-order valence-electron chi connectivity index (χ4n) is 4.32. The van der Waals surface area contributed by atoms with Crippen LogP contribution in [0.1, 0.15) is 77.1 Å². The van der Waals surface area contributed by atoms with Crippen molar-refractivity contribution in [1.29, 1.82) is 5.41 Å². The minimum atomic E-state index is -0.857. The Bertz CT molecular complexity index is 1180. The summed E-state index contributed by atoms with van der Waals surface area (Å²) in [6, 6.07) is 8.85. The normalized spacial score (nSPS) is 12.9. The standard InChI is InChI=1S/C27H33N3O5/c1-6-35-23-12-18-14-30(25(28)19(18)13-20(23)26(34)29-5)15-22(31)17-8-7-16(9-10-24(32)33)21(11-17)27(2,3)4/h7-8,11-13,28H,6,9-10,14-15H2,1-5H3,(H,29,34)(H,32,33). The number of carbonyl (C=O) groups excluding carboxylic acids is 2. The third-order valence-corrected chi connectivity index (χ3v) is 6.09. The second-order valence-electron chi connectivity index (χ2n) is 9.66. The van der Waals surface area contributed by atoms with Crippen LogP contribution in [0.15, 0.2) is 30.3 Å². The van der Waals surface area contributed by atoms with Crippen molar-refractivity contribution in [2.24, 2.45) is 0 Å². The van der Waals surface area contributed by atoms with E-state index in [9.17, 15) is 14.4 Å². The van der Waals surface area contributed by atoms with Gasteiger partial charge in [-0.1, -0.05) is 32.9 Å². The molecule has 0 spiro atoms. The third kappa shape index (κ3) is 5.70. The molecular formula is C27H33N3O5. The molecule has 0 unspecified atom stereocenters. The predicted molar refractivity (Wildman–Crippen MR) is 134 cm³/mol. The highest BCUT2D eigenvalue weighted by molar-refractivity contribution is 6.07. The Morgan fingerprint density at radius 3 is 2.49 bits per heavy atom. The number of carboxylic acids is 1. The number of ether oxygens (including phenoxy) is 1. The number of fused-ring (bicyclic) bond motifs is 1. The Morgan fingerprint density at radius 1 is 1.17 bits per heavy atom. The molecular weight excluding hydrogens is 446 g/mol. The van der Waals surface area contributed by atoms with E-state index in [1.165, 1.54) is 0 Å². The van der Waals surface area contributed by atoms with Gasteiger partial charge in [-0.25, -0.2) is 0 Å². The Balaban J connectivity index is 1.85. The van der Waals surface area contributed by atoms with Crippen LogP contribution in [0.25, 0.3) is 0 Å². The van der Waals surface area contributed by atoms with Gasteiger partial charge in [-0.3, -0.25) is 19.8 Å². The topological polar surface area (TPSA) is 120 Å². The minimum absolute atomic E-state index is 0.0187. The van der Waals surface area contributed by atoms with Crippen molar-refractivity contribution in [2.75, 3.05) is 20.2 Å². The van der Waals surface area contributed by atoms with Gasteiger partial charge in [0.15, 0.2) is 5.78 Å². The average Bonchev–Trinajstić information content (AvgIpc) is 3.10. The maximum atomic E-state index is 13.2. The molecule has 8 heteroatoms. The number of carbonyl (C=O) groups is 3. The quantitative estimate of drug-likeness (QED) is 0.471. The molecule has 0 aromatic heterocycles. The van der Waals surface area contributed by atoms with E-state index in [1.807, 2.05) is 39.8 Å². The highest BCUT2D eigenvalue weighted by Crippen LogP contribution is 2.32. The van der Waals surface area contributed by atoms with E-state index in [1.54, 1.807) is 30.1 Å². The van der Waals surface area contributed by atoms with Crippen LogP contribution < -0.4 is 10.1 Å². The van der Waals surface area contributed by atoms with Gasteiger partial charge in [-0.2, -0.15) is 0 Å². The van der Waals surface area contributed by atoms with Crippen LogP contribution in [-0.4, -0.2) is 53.7 Å². The number of nitrogens with one attached hydrogen (secondary N) is 2. The molecule has 0 fully saturated rings. The number of Topliss-reactive ketones (excluding diaryl/α,β-unsaturated/α-hetero) is 1. The van der Waals surface area contributed by atoms with Crippen molar-refractivity contribution < 1.29 is 24.2 Å². The molecule has 2 aromatic rings. The van der Waals surface area contributed by atoms with Gasteiger partial charge < -0.3 is 20.1 Å². The van der Waals surface area contributed by atoms with Gasteiger partial charge in [-0.15, -0.1) is 0 Å². The molecule has 0 saturated carbocycles. The first kappa shape index (κ1) is 25.9. The molecule has 8 nitrogen and oxygen atoms in total. The van der Waals surface area contributed by atoms with Crippen molar-refractivity contribution in [2.45, 2.75) is 52.5 Å². The molecule has 3 rings (SSSR count). The summed E-state index contributed by atoms with van der Waals surface area (Å²) in [7, 11) is 1.54. The monoisotopic (exact) mass is 479 g/mol. The third-order valence-electron chi connectivity index (χ3n) is 6.09. The lowest BCUT2D eigenvalue weighted by Gasteiger charge is -2.24.